The van der Waals surface area contributed by atoms with E-state index >= 15 is 0 Å². The Hall–Kier alpha value is -1.56. The third kappa shape index (κ3) is 4.17. The second kappa shape index (κ2) is 8.70. The maximum atomic E-state index is 5.70. The third-order valence-electron chi connectivity index (χ3n) is 4.66. The largest absolute Gasteiger partial charge is 0.496 e. The fraction of sp³-hybridized carbons (Fsp3) is 0.400. The number of hydrogen-bond donors (Lipinski definition) is 1. The molecule has 4 nitrogen and oxygen atoms in total. The van der Waals surface area contributed by atoms with Gasteiger partial charge >= 0.3 is 0 Å². The van der Waals surface area contributed by atoms with Gasteiger partial charge in [0.05, 0.1) is 25.8 Å². The van der Waals surface area contributed by atoms with Crippen molar-refractivity contribution in [2.24, 2.45) is 0 Å². The van der Waals surface area contributed by atoms with Crippen LogP contribution in [0.3, 0.4) is 0 Å². The number of hydrogen-bond acceptors (Lipinski definition) is 4. The van der Waals surface area contributed by atoms with Gasteiger partial charge in [0.2, 0.25) is 0 Å². The van der Waals surface area contributed by atoms with Crippen molar-refractivity contribution in [2.75, 3.05) is 40.4 Å². The van der Waals surface area contributed by atoms with Gasteiger partial charge in [-0.05, 0) is 42.8 Å². The van der Waals surface area contributed by atoms with Crippen molar-refractivity contribution in [3.05, 3.63) is 58.1 Å². The Morgan fingerprint density at radius 3 is 2.28 bits per heavy atom. The highest BCUT2D eigenvalue weighted by atomic mass is 79.9. The SMILES string of the molecule is COc1cccc(OC)c1C(c1ccc(Br)cc1)N1CCCNCC1. The van der Waals surface area contributed by atoms with Crippen LogP contribution >= 0.6 is 15.9 Å². The summed E-state index contributed by atoms with van der Waals surface area (Å²) >= 11 is 3.54. The predicted molar refractivity (Wildman–Crippen MR) is 105 cm³/mol. The molecule has 0 saturated carbocycles. The van der Waals surface area contributed by atoms with Crippen LogP contribution in [-0.4, -0.2) is 45.3 Å². The molecule has 1 aliphatic rings. The molecule has 0 radical (unpaired) electrons. The Morgan fingerprint density at radius 2 is 1.64 bits per heavy atom. The molecule has 3 rings (SSSR count). The molecule has 0 spiro atoms. The van der Waals surface area contributed by atoms with Gasteiger partial charge in [0.15, 0.2) is 0 Å². The van der Waals surface area contributed by atoms with Gasteiger partial charge in [-0.25, -0.2) is 0 Å². The van der Waals surface area contributed by atoms with Gasteiger partial charge in [-0.3, -0.25) is 4.90 Å². The number of nitrogens with one attached hydrogen (secondary N) is 1. The average Bonchev–Trinajstić information content (AvgIpc) is 2.93. The van der Waals surface area contributed by atoms with Crippen molar-refractivity contribution in [1.29, 1.82) is 0 Å². The summed E-state index contributed by atoms with van der Waals surface area (Å²) in [5.41, 5.74) is 2.34. The van der Waals surface area contributed by atoms with Crippen molar-refractivity contribution < 1.29 is 9.47 Å². The molecular formula is C20H25BrN2O2. The van der Waals surface area contributed by atoms with E-state index in [0.717, 1.165) is 54.1 Å². The minimum Gasteiger partial charge on any atom is -0.496 e. The number of methoxy groups -OCH3 is 2. The van der Waals surface area contributed by atoms with Crippen LogP contribution < -0.4 is 14.8 Å². The standard InChI is InChI=1S/C20H25BrN2O2/c1-24-17-5-3-6-18(25-2)19(17)20(15-7-9-16(21)10-8-15)23-13-4-11-22-12-14-23/h3,5-10,20,22H,4,11-14H2,1-2H3. The molecule has 5 heteroatoms. The van der Waals surface area contributed by atoms with E-state index in [1.165, 1.54) is 5.56 Å². The van der Waals surface area contributed by atoms with Gasteiger partial charge in [-0.15, -0.1) is 0 Å². The van der Waals surface area contributed by atoms with Gasteiger partial charge in [-0.2, -0.15) is 0 Å². The number of ether oxygens (including phenoxy) is 2. The topological polar surface area (TPSA) is 33.7 Å². The zero-order valence-corrected chi connectivity index (χ0v) is 16.4. The van der Waals surface area contributed by atoms with E-state index in [-0.39, 0.29) is 6.04 Å². The Kier molecular flexibility index (Phi) is 6.34. The van der Waals surface area contributed by atoms with Crippen LogP contribution in [0.25, 0.3) is 0 Å². The molecule has 1 heterocycles. The molecule has 1 atom stereocenters. The highest BCUT2D eigenvalue weighted by Gasteiger charge is 2.28. The molecule has 2 aromatic carbocycles. The van der Waals surface area contributed by atoms with Crippen LogP contribution in [0.1, 0.15) is 23.6 Å². The molecule has 1 saturated heterocycles. The first kappa shape index (κ1) is 18.2. The smallest absolute Gasteiger partial charge is 0.127 e. The van der Waals surface area contributed by atoms with E-state index in [2.05, 4.69) is 50.4 Å². The summed E-state index contributed by atoms with van der Waals surface area (Å²) in [6, 6.07) is 14.7. The lowest BCUT2D eigenvalue weighted by molar-refractivity contribution is 0.231. The molecule has 1 N–H and O–H groups in total. The zero-order chi connectivity index (χ0) is 17.6. The minimum atomic E-state index is 0.0964. The highest BCUT2D eigenvalue weighted by Crippen LogP contribution is 2.41. The molecule has 1 fully saturated rings. The number of benzene rings is 2. The summed E-state index contributed by atoms with van der Waals surface area (Å²) in [4.78, 5) is 2.52. The predicted octanol–water partition coefficient (Wildman–Crippen LogP) is 3.85. The van der Waals surface area contributed by atoms with E-state index in [9.17, 15) is 0 Å². The molecule has 134 valence electrons. The summed E-state index contributed by atoms with van der Waals surface area (Å²) in [6.07, 6.45) is 1.13. The first-order valence-corrected chi connectivity index (χ1v) is 9.45. The van der Waals surface area contributed by atoms with Crippen LogP contribution in [0, 0.1) is 0 Å². The monoisotopic (exact) mass is 404 g/mol. The van der Waals surface area contributed by atoms with Gasteiger partial charge in [0.25, 0.3) is 0 Å². The fourth-order valence-corrected chi connectivity index (χ4v) is 3.74. The van der Waals surface area contributed by atoms with E-state index in [1.807, 2.05) is 18.2 Å². The van der Waals surface area contributed by atoms with Gasteiger partial charge in [0.1, 0.15) is 11.5 Å². The second-order valence-electron chi connectivity index (χ2n) is 6.17. The van der Waals surface area contributed by atoms with E-state index in [4.69, 9.17) is 9.47 Å². The van der Waals surface area contributed by atoms with E-state index in [1.54, 1.807) is 14.2 Å². The van der Waals surface area contributed by atoms with Crippen LogP contribution in [0.2, 0.25) is 0 Å². The molecule has 0 bridgehead atoms. The van der Waals surface area contributed by atoms with Crippen LogP contribution in [0.4, 0.5) is 0 Å². The lowest BCUT2D eigenvalue weighted by Crippen LogP contribution is -2.33. The quantitative estimate of drug-likeness (QED) is 0.820. The number of halogens is 1. The Morgan fingerprint density at radius 1 is 0.960 bits per heavy atom. The first-order chi connectivity index (χ1) is 12.2. The maximum Gasteiger partial charge on any atom is 0.127 e. The summed E-state index contributed by atoms with van der Waals surface area (Å²) in [5.74, 6) is 1.73. The van der Waals surface area contributed by atoms with E-state index in [0.29, 0.717) is 0 Å². The van der Waals surface area contributed by atoms with Crippen molar-refractivity contribution >= 4 is 15.9 Å². The lowest BCUT2D eigenvalue weighted by Gasteiger charge is -2.33. The number of nitrogens with zero attached hydrogens (tertiary/aromatic N) is 1. The molecule has 1 aliphatic heterocycles. The first-order valence-electron chi connectivity index (χ1n) is 8.65. The molecule has 1 unspecified atom stereocenters. The summed E-state index contributed by atoms with van der Waals surface area (Å²) in [7, 11) is 3.45. The normalized spacial score (nSPS) is 16.9. The van der Waals surface area contributed by atoms with Crippen molar-refractivity contribution in [3.63, 3.8) is 0 Å². The van der Waals surface area contributed by atoms with Crippen molar-refractivity contribution in [2.45, 2.75) is 12.5 Å². The molecule has 0 aliphatic carbocycles. The third-order valence-corrected chi connectivity index (χ3v) is 5.19. The van der Waals surface area contributed by atoms with Gasteiger partial charge < -0.3 is 14.8 Å². The molecule has 0 aromatic heterocycles. The summed E-state index contributed by atoms with van der Waals surface area (Å²) in [6.45, 7) is 4.08. The molecule has 0 amide bonds. The Balaban J connectivity index is 2.12. The highest BCUT2D eigenvalue weighted by molar-refractivity contribution is 9.10. The molecule has 2 aromatic rings. The molecule has 25 heavy (non-hydrogen) atoms. The average molecular weight is 405 g/mol. The lowest BCUT2D eigenvalue weighted by atomic mass is 9.95. The fourth-order valence-electron chi connectivity index (χ4n) is 3.48. The van der Waals surface area contributed by atoms with Crippen LogP contribution in [0.15, 0.2) is 46.9 Å². The Bertz CT molecular complexity index is 660. The second-order valence-corrected chi connectivity index (χ2v) is 7.09. The van der Waals surface area contributed by atoms with E-state index < -0.39 is 0 Å². The molecular weight excluding hydrogens is 380 g/mol. The zero-order valence-electron chi connectivity index (χ0n) is 14.8. The van der Waals surface area contributed by atoms with Gasteiger partial charge in [-0.1, -0.05) is 34.1 Å². The summed E-state index contributed by atoms with van der Waals surface area (Å²) < 4.78 is 12.5. The van der Waals surface area contributed by atoms with Gasteiger partial charge in [0, 0.05) is 24.1 Å². The number of rotatable bonds is 5. The van der Waals surface area contributed by atoms with Crippen LogP contribution in [0.5, 0.6) is 11.5 Å². The van der Waals surface area contributed by atoms with Crippen molar-refractivity contribution in [3.8, 4) is 11.5 Å². The Labute approximate surface area is 158 Å². The maximum absolute atomic E-state index is 5.70. The van der Waals surface area contributed by atoms with Crippen LogP contribution in [-0.2, 0) is 0 Å². The summed E-state index contributed by atoms with van der Waals surface area (Å²) in [5, 5.41) is 3.49. The van der Waals surface area contributed by atoms with Crippen molar-refractivity contribution in [1.82, 2.24) is 10.2 Å². The minimum absolute atomic E-state index is 0.0964.